The minimum atomic E-state index is 0.0654. The van der Waals surface area contributed by atoms with Crippen molar-refractivity contribution in [3.05, 3.63) is 30.0 Å². The van der Waals surface area contributed by atoms with Crippen molar-refractivity contribution in [1.29, 1.82) is 0 Å². The summed E-state index contributed by atoms with van der Waals surface area (Å²) in [6, 6.07) is 7.79. The van der Waals surface area contributed by atoms with Crippen molar-refractivity contribution in [3.63, 3.8) is 0 Å². The van der Waals surface area contributed by atoms with Gasteiger partial charge in [-0.15, -0.1) is 0 Å². The zero-order valence-corrected chi connectivity index (χ0v) is 11.2. The highest BCUT2D eigenvalue weighted by Gasteiger charge is 2.25. The maximum Gasteiger partial charge on any atom is 0.275 e. The topological polar surface area (TPSA) is 49.0 Å². The number of rotatable bonds is 2. The first-order valence-corrected chi connectivity index (χ1v) is 7.02. The number of piperidine rings is 1. The van der Waals surface area contributed by atoms with E-state index in [-0.39, 0.29) is 5.91 Å². The van der Waals surface area contributed by atoms with Crippen LogP contribution in [0.2, 0.25) is 0 Å². The van der Waals surface area contributed by atoms with Crippen molar-refractivity contribution >= 4 is 16.8 Å². The fraction of sp³-hybridized carbons (Fsp3) is 0.467. The Morgan fingerprint density at radius 1 is 1.47 bits per heavy atom. The standard InChI is InChI=1S/C15H19N3O/c1-2-11-6-5-9-18(10-11)15(19)14-12-7-3-4-8-13(12)16-17-14/h3-4,7-8,11H,2,5-6,9-10H2,1H3,(H,16,17). The SMILES string of the molecule is CCC1CCCN(C(=O)c2n[nH]c3ccccc23)C1. The Morgan fingerprint density at radius 2 is 2.32 bits per heavy atom. The van der Waals surface area contributed by atoms with Gasteiger partial charge in [0.25, 0.3) is 5.91 Å². The summed E-state index contributed by atoms with van der Waals surface area (Å²) >= 11 is 0. The lowest BCUT2D eigenvalue weighted by molar-refractivity contribution is 0.0667. The highest BCUT2D eigenvalue weighted by Crippen LogP contribution is 2.23. The van der Waals surface area contributed by atoms with Crippen LogP contribution in [0.5, 0.6) is 0 Å². The van der Waals surface area contributed by atoms with Gasteiger partial charge in [-0.3, -0.25) is 9.89 Å². The van der Waals surface area contributed by atoms with Gasteiger partial charge in [0.1, 0.15) is 0 Å². The van der Waals surface area contributed by atoms with E-state index in [1.807, 2.05) is 29.2 Å². The summed E-state index contributed by atoms with van der Waals surface area (Å²) in [5.41, 5.74) is 1.49. The van der Waals surface area contributed by atoms with Gasteiger partial charge < -0.3 is 4.90 Å². The van der Waals surface area contributed by atoms with Gasteiger partial charge in [0, 0.05) is 18.5 Å². The van der Waals surface area contributed by atoms with Crippen LogP contribution in [0.4, 0.5) is 0 Å². The van der Waals surface area contributed by atoms with Gasteiger partial charge in [-0.05, 0) is 24.8 Å². The summed E-state index contributed by atoms with van der Waals surface area (Å²) in [5.74, 6) is 0.707. The molecule has 1 fully saturated rings. The van der Waals surface area contributed by atoms with Gasteiger partial charge in [-0.2, -0.15) is 5.10 Å². The van der Waals surface area contributed by atoms with Crippen molar-refractivity contribution in [2.45, 2.75) is 26.2 Å². The van der Waals surface area contributed by atoms with E-state index in [1.165, 1.54) is 6.42 Å². The summed E-state index contributed by atoms with van der Waals surface area (Å²) in [6.07, 6.45) is 3.49. The first kappa shape index (κ1) is 12.2. The van der Waals surface area contributed by atoms with E-state index in [9.17, 15) is 4.79 Å². The summed E-state index contributed by atoms with van der Waals surface area (Å²) in [4.78, 5) is 14.5. The van der Waals surface area contributed by atoms with Crippen LogP contribution in [-0.4, -0.2) is 34.1 Å². The number of aromatic nitrogens is 2. The molecule has 1 saturated heterocycles. The van der Waals surface area contributed by atoms with E-state index in [0.717, 1.165) is 36.8 Å². The smallest absolute Gasteiger partial charge is 0.275 e. The molecule has 1 aromatic carbocycles. The van der Waals surface area contributed by atoms with Gasteiger partial charge in [0.05, 0.1) is 5.52 Å². The van der Waals surface area contributed by atoms with Crippen LogP contribution in [0.1, 0.15) is 36.7 Å². The van der Waals surface area contributed by atoms with Crippen molar-refractivity contribution in [1.82, 2.24) is 15.1 Å². The molecule has 19 heavy (non-hydrogen) atoms. The predicted octanol–water partition coefficient (Wildman–Crippen LogP) is 2.83. The molecular weight excluding hydrogens is 238 g/mol. The largest absolute Gasteiger partial charge is 0.337 e. The number of hydrogen-bond acceptors (Lipinski definition) is 2. The van der Waals surface area contributed by atoms with Crippen LogP contribution in [0.25, 0.3) is 10.9 Å². The normalized spacial score (nSPS) is 19.8. The maximum atomic E-state index is 12.6. The molecule has 1 aromatic heterocycles. The third-order valence-electron chi connectivity index (χ3n) is 4.06. The number of fused-ring (bicyclic) bond motifs is 1. The average molecular weight is 257 g/mol. The molecule has 1 amide bonds. The number of likely N-dealkylation sites (tertiary alicyclic amines) is 1. The minimum absolute atomic E-state index is 0.0654. The van der Waals surface area contributed by atoms with E-state index in [1.54, 1.807) is 0 Å². The molecule has 2 heterocycles. The van der Waals surface area contributed by atoms with Crippen LogP contribution >= 0.6 is 0 Å². The Kier molecular flexibility index (Phi) is 3.23. The highest BCUT2D eigenvalue weighted by molar-refractivity contribution is 6.04. The molecule has 3 rings (SSSR count). The quantitative estimate of drug-likeness (QED) is 0.899. The third kappa shape index (κ3) is 2.23. The molecule has 0 bridgehead atoms. The first-order valence-electron chi connectivity index (χ1n) is 7.02. The number of hydrogen-bond donors (Lipinski definition) is 1. The highest BCUT2D eigenvalue weighted by atomic mass is 16.2. The molecule has 4 heteroatoms. The Labute approximate surface area is 112 Å². The summed E-state index contributed by atoms with van der Waals surface area (Å²) in [5, 5.41) is 8.06. The molecule has 1 N–H and O–H groups in total. The van der Waals surface area contributed by atoms with Crippen molar-refractivity contribution < 1.29 is 4.79 Å². The van der Waals surface area contributed by atoms with E-state index in [2.05, 4.69) is 17.1 Å². The summed E-state index contributed by atoms with van der Waals surface area (Å²) in [7, 11) is 0. The molecular formula is C15H19N3O. The molecule has 100 valence electrons. The molecule has 0 aliphatic carbocycles. The monoisotopic (exact) mass is 257 g/mol. The average Bonchev–Trinajstić information content (AvgIpc) is 2.90. The molecule has 4 nitrogen and oxygen atoms in total. The van der Waals surface area contributed by atoms with Crippen molar-refractivity contribution in [2.24, 2.45) is 5.92 Å². The van der Waals surface area contributed by atoms with E-state index < -0.39 is 0 Å². The minimum Gasteiger partial charge on any atom is -0.337 e. The van der Waals surface area contributed by atoms with E-state index in [4.69, 9.17) is 0 Å². The molecule has 0 radical (unpaired) electrons. The number of benzene rings is 1. The van der Waals surface area contributed by atoms with Gasteiger partial charge >= 0.3 is 0 Å². The molecule has 0 saturated carbocycles. The number of para-hydroxylation sites is 1. The number of nitrogens with one attached hydrogen (secondary N) is 1. The van der Waals surface area contributed by atoms with Crippen molar-refractivity contribution in [2.75, 3.05) is 13.1 Å². The van der Waals surface area contributed by atoms with Crippen molar-refractivity contribution in [3.8, 4) is 0 Å². The Bertz CT molecular complexity index is 590. The zero-order chi connectivity index (χ0) is 13.2. The van der Waals surface area contributed by atoms with Gasteiger partial charge in [0.2, 0.25) is 0 Å². The molecule has 1 atom stereocenters. The lowest BCUT2D eigenvalue weighted by atomic mass is 9.95. The van der Waals surface area contributed by atoms with Gasteiger partial charge in [-0.25, -0.2) is 0 Å². The number of carbonyl (C=O) groups excluding carboxylic acids is 1. The van der Waals surface area contributed by atoms with Crippen LogP contribution < -0.4 is 0 Å². The van der Waals surface area contributed by atoms with E-state index >= 15 is 0 Å². The lowest BCUT2D eigenvalue weighted by Crippen LogP contribution is -2.40. The molecule has 0 spiro atoms. The van der Waals surface area contributed by atoms with Crippen LogP contribution in [0.3, 0.4) is 0 Å². The van der Waals surface area contributed by atoms with Gasteiger partial charge in [0.15, 0.2) is 5.69 Å². The Balaban J connectivity index is 1.87. The second-order valence-electron chi connectivity index (χ2n) is 5.29. The van der Waals surface area contributed by atoms with Gasteiger partial charge in [-0.1, -0.05) is 31.5 Å². The van der Waals surface area contributed by atoms with Crippen LogP contribution in [0, 0.1) is 5.92 Å². The summed E-state index contributed by atoms with van der Waals surface area (Å²) < 4.78 is 0. The van der Waals surface area contributed by atoms with E-state index in [0.29, 0.717) is 11.6 Å². The first-order chi connectivity index (χ1) is 9.29. The Hall–Kier alpha value is -1.84. The third-order valence-corrected chi connectivity index (χ3v) is 4.06. The predicted molar refractivity (Wildman–Crippen MR) is 75.0 cm³/mol. The Morgan fingerprint density at radius 3 is 3.16 bits per heavy atom. The zero-order valence-electron chi connectivity index (χ0n) is 11.2. The number of amides is 1. The number of carbonyl (C=O) groups is 1. The molecule has 1 unspecified atom stereocenters. The second-order valence-corrected chi connectivity index (χ2v) is 5.29. The number of nitrogens with zero attached hydrogens (tertiary/aromatic N) is 2. The lowest BCUT2D eigenvalue weighted by Gasteiger charge is -2.31. The number of aromatic amines is 1. The van der Waals surface area contributed by atoms with Crippen LogP contribution in [0.15, 0.2) is 24.3 Å². The number of H-pyrrole nitrogens is 1. The fourth-order valence-corrected chi connectivity index (χ4v) is 2.86. The summed E-state index contributed by atoms with van der Waals surface area (Å²) in [6.45, 7) is 3.93. The fourth-order valence-electron chi connectivity index (χ4n) is 2.86. The van der Waals surface area contributed by atoms with Crippen LogP contribution in [-0.2, 0) is 0 Å². The molecule has 1 aliphatic heterocycles. The molecule has 2 aromatic rings. The maximum absolute atomic E-state index is 12.6. The molecule has 1 aliphatic rings. The second kappa shape index (κ2) is 5.03.